The fourth-order valence-electron chi connectivity index (χ4n) is 2.34. The number of hydrogen-bond donors (Lipinski definition) is 0. The molecule has 1 atom stereocenters. The number of hydrogen-bond acceptors (Lipinski definition) is 5. The van der Waals surface area contributed by atoms with Crippen LogP contribution in [0.2, 0.25) is 0 Å². The Morgan fingerprint density at radius 3 is 2.62 bits per heavy atom. The standard InChI is InChI=1S/C18H14FNO4/c1-11(18(22)12-6-8-13(19)9-7-12)23-17(21)10-15-14-4-2-3-5-16(14)24-20-15/h2-9,11H,10H2,1H3/t11-/m0/s1. The lowest BCUT2D eigenvalue weighted by atomic mass is 10.1. The molecular formula is C18H14FNO4. The SMILES string of the molecule is C[C@H](OC(=O)Cc1noc2ccccc12)C(=O)c1ccc(F)cc1. The summed E-state index contributed by atoms with van der Waals surface area (Å²) in [6.07, 6.45) is -1.07. The number of ketones is 1. The molecule has 0 fully saturated rings. The number of esters is 1. The molecule has 0 amide bonds. The van der Waals surface area contributed by atoms with Crippen molar-refractivity contribution in [2.45, 2.75) is 19.4 Å². The molecule has 122 valence electrons. The molecule has 0 aliphatic heterocycles. The van der Waals surface area contributed by atoms with E-state index >= 15 is 0 Å². The van der Waals surface area contributed by atoms with Crippen LogP contribution < -0.4 is 0 Å². The van der Waals surface area contributed by atoms with Crippen molar-refractivity contribution in [3.8, 4) is 0 Å². The Labute approximate surface area is 137 Å². The van der Waals surface area contributed by atoms with Gasteiger partial charge in [-0.15, -0.1) is 0 Å². The van der Waals surface area contributed by atoms with Gasteiger partial charge in [0.1, 0.15) is 11.5 Å². The second kappa shape index (κ2) is 6.62. The van der Waals surface area contributed by atoms with Crippen molar-refractivity contribution in [1.82, 2.24) is 5.16 Å². The minimum Gasteiger partial charge on any atom is -0.454 e. The monoisotopic (exact) mass is 327 g/mol. The molecule has 5 nitrogen and oxygen atoms in total. The highest BCUT2D eigenvalue weighted by molar-refractivity contribution is 6.00. The van der Waals surface area contributed by atoms with E-state index in [1.54, 1.807) is 18.2 Å². The number of rotatable bonds is 5. The number of fused-ring (bicyclic) bond motifs is 1. The highest BCUT2D eigenvalue weighted by Gasteiger charge is 2.21. The van der Waals surface area contributed by atoms with E-state index in [0.29, 0.717) is 11.3 Å². The van der Waals surface area contributed by atoms with E-state index in [1.165, 1.54) is 31.2 Å². The minimum absolute atomic E-state index is 0.0992. The third kappa shape index (κ3) is 3.32. The van der Waals surface area contributed by atoms with E-state index in [1.807, 2.05) is 6.07 Å². The number of ether oxygens (including phenoxy) is 1. The zero-order chi connectivity index (χ0) is 17.1. The predicted molar refractivity (Wildman–Crippen MR) is 84.0 cm³/mol. The van der Waals surface area contributed by atoms with Gasteiger partial charge in [-0.1, -0.05) is 17.3 Å². The Kier molecular flexibility index (Phi) is 4.37. The summed E-state index contributed by atoms with van der Waals surface area (Å²) in [5, 5.41) is 4.58. The first-order chi connectivity index (χ1) is 11.5. The maximum atomic E-state index is 12.9. The number of benzene rings is 2. The average Bonchev–Trinajstić information content (AvgIpc) is 2.98. The summed E-state index contributed by atoms with van der Waals surface area (Å²) in [4.78, 5) is 24.2. The molecule has 2 aromatic carbocycles. The second-order valence-electron chi connectivity index (χ2n) is 5.31. The van der Waals surface area contributed by atoms with Crippen molar-refractivity contribution in [3.05, 3.63) is 65.6 Å². The molecule has 1 heterocycles. The quantitative estimate of drug-likeness (QED) is 0.531. The fraction of sp³-hybridized carbons (Fsp3) is 0.167. The van der Waals surface area contributed by atoms with Crippen LogP contribution in [0.25, 0.3) is 11.0 Å². The molecule has 0 saturated heterocycles. The Hall–Kier alpha value is -3.02. The molecule has 3 aromatic rings. The molecule has 6 heteroatoms. The lowest BCUT2D eigenvalue weighted by Gasteiger charge is -2.11. The molecular weight excluding hydrogens is 313 g/mol. The van der Waals surface area contributed by atoms with Gasteiger partial charge in [-0.3, -0.25) is 9.59 Å². The van der Waals surface area contributed by atoms with E-state index in [0.717, 1.165) is 5.39 Å². The van der Waals surface area contributed by atoms with Crippen molar-refractivity contribution in [2.24, 2.45) is 0 Å². The van der Waals surface area contributed by atoms with Crippen LogP contribution in [0.3, 0.4) is 0 Å². The van der Waals surface area contributed by atoms with E-state index in [4.69, 9.17) is 9.26 Å². The number of Topliss-reactive ketones (excluding diaryl/α,β-unsaturated/α-hetero) is 1. The van der Waals surface area contributed by atoms with Gasteiger partial charge in [0.15, 0.2) is 11.7 Å². The van der Waals surface area contributed by atoms with Crippen molar-refractivity contribution in [3.63, 3.8) is 0 Å². The summed E-state index contributed by atoms with van der Waals surface area (Å²) in [5.41, 5.74) is 1.32. The number of halogens is 1. The Morgan fingerprint density at radius 2 is 1.88 bits per heavy atom. The van der Waals surface area contributed by atoms with Gasteiger partial charge >= 0.3 is 5.97 Å². The van der Waals surface area contributed by atoms with Gasteiger partial charge < -0.3 is 9.26 Å². The van der Waals surface area contributed by atoms with Gasteiger partial charge in [0.25, 0.3) is 0 Å². The Morgan fingerprint density at radius 1 is 1.17 bits per heavy atom. The van der Waals surface area contributed by atoms with Gasteiger partial charge in [0.05, 0.1) is 6.42 Å². The van der Waals surface area contributed by atoms with Gasteiger partial charge in [-0.05, 0) is 43.3 Å². The summed E-state index contributed by atoms with van der Waals surface area (Å²) < 4.78 is 23.2. The molecule has 0 aliphatic rings. The third-order valence-corrected chi connectivity index (χ3v) is 3.57. The Bertz CT molecular complexity index is 885. The zero-order valence-corrected chi connectivity index (χ0v) is 12.9. The van der Waals surface area contributed by atoms with Crippen LogP contribution in [0.4, 0.5) is 4.39 Å². The first kappa shape index (κ1) is 15.9. The molecule has 1 aromatic heterocycles. The molecule has 24 heavy (non-hydrogen) atoms. The van der Waals surface area contributed by atoms with Crippen LogP contribution in [-0.2, 0) is 16.0 Å². The van der Waals surface area contributed by atoms with Crippen LogP contribution in [0.5, 0.6) is 0 Å². The first-order valence-corrected chi connectivity index (χ1v) is 7.37. The van der Waals surface area contributed by atoms with Crippen molar-refractivity contribution in [2.75, 3.05) is 0 Å². The number of carbonyl (C=O) groups excluding carboxylic acids is 2. The summed E-state index contributed by atoms with van der Waals surface area (Å²) >= 11 is 0. The van der Waals surface area contributed by atoms with Gasteiger partial charge in [0.2, 0.25) is 5.78 Å². The van der Waals surface area contributed by atoms with E-state index in [2.05, 4.69) is 5.16 Å². The second-order valence-corrected chi connectivity index (χ2v) is 5.31. The molecule has 0 spiro atoms. The molecule has 0 radical (unpaired) electrons. The molecule has 0 aliphatic carbocycles. The van der Waals surface area contributed by atoms with E-state index in [9.17, 15) is 14.0 Å². The maximum Gasteiger partial charge on any atom is 0.312 e. The van der Waals surface area contributed by atoms with Crippen LogP contribution >= 0.6 is 0 Å². The smallest absolute Gasteiger partial charge is 0.312 e. The molecule has 0 N–H and O–H groups in total. The lowest BCUT2D eigenvalue weighted by molar-refractivity contribution is -0.145. The van der Waals surface area contributed by atoms with E-state index < -0.39 is 23.7 Å². The summed E-state index contributed by atoms with van der Waals surface area (Å²) in [6, 6.07) is 12.2. The normalized spacial score (nSPS) is 12.1. The average molecular weight is 327 g/mol. The largest absolute Gasteiger partial charge is 0.454 e. The number of carbonyl (C=O) groups is 2. The highest BCUT2D eigenvalue weighted by Crippen LogP contribution is 2.18. The van der Waals surface area contributed by atoms with Gasteiger partial charge in [0, 0.05) is 10.9 Å². The topological polar surface area (TPSA) is 69.4 Å². The van der Waals surface area contributed by atoms with Crippen LogP contribution in [0, 0.1) is 5.82 Å². The van der Waals surface area contributed by atoms with Crippen LogP contribution in [0.1, 0.15) is 23.0 Å². The molecule has 0 bridgehead atoms. The molecule has 0 unspecified atom stereocenters. The van der Waals surface area contributed by atoms with Crippen molar-refractivity contribution >= 4 is 22.7 Å². The first-order valence-electron chi connectivity index (χ1n) is 7.37. The maximum absolute atomic E-state index is 12.9. The number of para-hydroxylation sites is 1. The van der Waals surface area contributed by atoms with Crippen molar-refractivity contribution in [1.29, 1.82) is 0 Å². The van der Waals surface area contributed by atoms with Gasteiger partial charge in [-0.2, -0.15) is 0 Å². The van der Waals surface area contributed by atoms with Crippen LogP contribution in [-0.4, -0.2) is 23.0 Å². The fourth-order valence-corrected chi connectivity index (χ4v) is 2.34. The minimum atomic E-state index is -0.971. The predicted octanol–water partition coefficient (Wildman–Crippen LogP) is 3.32. The molecule has 0 saturated carbocycles. The zero-order valence-electron chi connectivity index (χ0n) is 12.9. The van der Waals surface area contributed by atoms with Crippen molar-refractivity contribution < 1.29 is 23.2 Å². The van der Waals surface area contributed by atoms with E-state index in [-0.39, 0.29) is 12.0 Å². The summed E-state index contributed by atoms with van der Waals surface area (Å²) in [7, 11) is 0. The van der Waals surface area contributed by atoms with Crippen LogP contribution in [0.15, 0.2) is 53.1 Å². The number of aromatic nitrogens is 1. The third-order valence-electron chi connectivity index (χ3n) is 3.57. The lowest BCUT2D eigenvalue weighted by Crippen LogP contribution is -2.25. The molecule has 3 rings (SSSR count). The number of nitrogens with zero attached hydrogens (tertiary/aromatic N) is 1. The summed E-state index contributed by atoms with van der Waals surface area (Å²) in [6.45, 7) is 1.48. The summed E-state index contributed by atoms with van der Waals surface area (Å²) in [5.74, 6) is -1.42. The van der Waals surface area contributed by atoms with Gasteiger partial charge in [-0.25, -0.2) is 4.39 Å². The Balaban J connectivity index is 1.66. The highest BCUT2D eigenvalue weighted by atomic mass is 19.1.